The van der Waals surface area contributed by atoms with Crippen LogP contribution in [0.3, 0.4) is 0 Å². The van der Waals surface area contributed by atoms with E-state index in [1.807, 2.05) is 18.2 Å². The van der Waals surface area contributed by atoms with E-state index in [-0.39, 0.29) is 6.10 Å². The van der Waals surface area contributed by atoms with Gasteiger partial charge >= 0.3 is 0 Å². The van der Waals surface area contributed by atoms with Crippen LogP contribution in [0, 0.1) is 0 Å². The zero-order valence-electron chi connectivity index (χ0n) is 15.1. The molecule has 0 amide bonds. The van der Waals surface area contributed by atoms with E-state index in [4.69, 9.17) is 24.9 Å². The van der Waals surface area contributed by atoms with Gasteiger partial charge in [0, 0.05) is 18.7 Å². The maximum atomic E-state index is 6.56. The summed E-state index contributed by atoms with van der Waals surface area (Å²) in [6.07, 6.45) is 0.810. The van der Waals surface area contributed by atoms with Crippen LogP contribution < -0.4 is 11.1 Å². The van der Waals surface area contributed by atoms with E-state index >= 15 is 0 Å². The Morgan fingerprint density at radius 3 is 2.58 bits per heavy atom. The molecule has 140 valence electrons. The minimum absolute atomic E-state index is 0.0195. The molecule has 3 aliphatic heterocycles. The summed E-state index contributed by atoms with van der Waals surface area (Å²) < 4.78 is 17.5. The zero-order chi connectivity index (χ0) is 18.0. The monoisotopic (exact) mass is 358 g/mol. The summed E-state index contributed by atoms with van der Waals surface area (Å²) in [5.41, 5.74) is 9.38. The number of nitrogens with two attached hydrogens (primary N) is 1. The number of morpholine rings is 1. The number of nitrogens with zero attached hydrogens (tertiary/aromatic N) is 2. The molecule has 1 atom stereocenters. The standard InChI is InChI=1S/C19H26N4O3/c1-2-16-17(14-6-4-3-5-7-14)21-18(20)22-19(16,26-15-12-25-13-15)23-8-10-24-11-9-23/h3-7,15H,2,8-13H2,1H3,(H3,20,21,22). The largest absolute Gasteiger partial charge is 0.379 e. The molecule has 7 nitrogen and oxygen atoms in total. The van der Waals surface area contributed by atoms with E-state index in [1.165, 1.54) is 0 Å². The molecule has 3 heterocycles. The maximum absolute atomic E-state index is 6.56. The first-order chi connectivity index (χ1) is 12.7. The molecule has 1 aromatic carbocycles. The fourth-order valence-electron chi connectivity index (χ4n) is 3.70. The van der Waals surface area contributed by atoms with E-state index < -0.39 is 5.85 Å². The van der Waals surface area contributed by atoms with Crippen molar-refractivity contribution in [1.82, 2.24) is 10.2 Å². The van der Waals surface area contributed by atoms with Gasteiger partial charge in [-0.15, -0.1) is 0 Å². The second kappa shape index (κ2) is 7.36. The third-order valence-corrected chi connectivity index (χ3v) is 5.01. The number of guanidine groups is 1. The van der Waals surface area contributed by atoms with Crippen LogP contribution in [-0.2, 0) is 14.2 Å². The van der Waals surface area contributed by atoms with Gasteiger partial charge < -0.3 is 25.3 Å². The van der Waals surface area contributed by atoms with Crippen molar-refractivity contribution in [3.8, 4) is 0 Å². The molecule has 0 spiro atoms. The van der Waals surface area contributed by atoms with Gasteiger partial charge in [-0.25, -0.2) is 4.90 Å². The topological polar surface area (TPSA) is 81.3 Å². The van der Waals surface area contributed by atoms with Gasteiger partial charge in [0.05, 0.1) is 32.1 Å². The molecule has 0 aromatic heterocycles. The number of aliphatic imine (C=N–C) groups is 1. The Bertz CT molecular complexity index is 696. The van der Waals surface area contributed by atoms with Crippen molar-refractivity contribution in [1.29, 1.82) is 0 Å². The highest BCUT2D eigenvalue weighted by molar-refractivity contribution is 5.91. The van der Waals surface area contributed by atoms with Gasteiger partial charge in [0.25, 0.3) is 0 Å². The van der Waals surface area contributed by atoms with Crippen molar-refractivity contribution in [2.75, 3.05) is 39.5 Å². The second-order valence-electron chi connectivity index (χ2n) is 6.68. The van der Waals surface area contributed by atoms with Crippen molar-refractivity contribution in [2.45, 2.75) is 25.3 Å². The molecule has 1 unspecified atom stereocenters. The van der Waals surface area contributed by atoms with Gasteiger partial charge in [0.15, 0.2) is 5.96 Å². The van der Waals surface area contributed by atoms with Crippen LogP contribution in [-0.4, -0.2) is 62.3 Å². The van der Waals surface area contributed by atoms with E-state index in [0.717, 1.165) is 36.3 Å². The molecule has 2 saturated heterocycles. The predicted molar refractivity (Wildman–Crippen MR) is 99.2 cm³/mol. The Labute approximate surface area is 153 Å². The molecule has 4 rings (SSSR count). The van der Waals surface area contributed by atoms with E-state index in [9.17, 15) is 0 Å². The van der Waals surface area contributed by atoms with Gasteiger partial charge in [0.1, 0.15) is 6.10 Å². The van der Waals surface area contributed by atoms with Crippen molar-refractivity contribution in [2.24, 2.45) is 10.7 Å². The minimum atomic E-state index is -0.909. The smallest absolute Gasteiger partial charge is 0.247 e. The van der Waals surface area contributed by atoms with Crippen LogP contribution in [0.15, 0.2) is 40.9 Å². The summed E-state index contributed by atoms with van der Waals surface area (Å²) in [5, 5.41) is 3.27. The minimum Gasteiger partial charge on any atom is -0.379 e. The molecule has 26 heavy (non-hydrogen) atoms. The number of hydrogen-bond acceptors (Lipinski definition) is 7. The average molecular weight is 358 g/mol. The average Bonchev–Trinajstić information content (AvgIpc) is 2.65. The van der Waals surface area contributed by atoms with Gasteiger partial charge in [0.2, 0.25) is 5.85 Å². The molecule has 2 fully saturated rings. The Hall–Kier alpha value is -1.93. The molecule has 1 aromatic rings. The Morgan fingerprint density at radius 1 is 1.23 bits per heavy atom. The maximum Gasteiger partial charge on any atom is 0.247 e. The molecule has 7 heteroatoms. The highest BCUT2D eigenvalue weighted by atomic mass is 16.6. The first-order valence-electron chi connectivity index (χ1n) is 9.22. The molecule has 0 saturated carbocycles. The Kier molecular flexibility index (Phi) is 4.95. The molecule has 0 radical (unpaired) electrons. The third-order valence-electron chi connectivity index (χ3n) is 5.01. The van der Waals surface area contributed by atoms with Crippen LogP contribution in [0.5, 0.6) is 0 Å². The van der Waals surface area contributed by atoms with Crippen LogP contribution in [0.4, 0.5) is 0 Å². The summed E-state index contributed by atoms with van der Waals surface area (Å²) >= 11 is 0. The lowest BCUT2D eigenvalue weighted by molar-refractivity contribution is -0.234. The predicted octanol–water partition coefficient (Wildman–Crippen LogP) is 1.13. The molecule has 3 N–H and O–H groups in total. The fraction of sp³-hybridized carbons (Fsp3) is 0.526. The van der Waals surface area contributed by atoms with Crippen LogP contribution in [0.25, 0.3) is 5.70 Å². The second-order valence-corrected chi connectivity index (χ2v) is 6.68. The first-order valence-corrected chi connectivity index (χ1v) is 9.22. The lowest BCUT2D eigenvalue weighted by Gasteiger charge is -2.48. The Balaban J connectivity index is 1.82. The van der Waals surface area contributed by atoms with Gasteiger partial charge in [-0.05, 0) is 12.0 Å². The van der Waals surface area contributed by atoms with Gasteiger partial charge in [-0.1, -0.05) is 37.3 Å². The number of benzene rings is 1. The molecular weight excluding hydrogens is 332 g/mol. The SMILES string of the molecule is CCC1=C(c2ccccc2)NC(N)=NC1(OC1COC1)N1CCOCC1. The van der Waals surface area contributed by atoms with E-state index in [2.05, 4.69) is 29.3 Å². The lowest BCUT2D eigenvalue weighted by atomic mass is 9.96. The van der Waals surface area contributed by atoms with Gasteiger partial charge in [-0.3, -0.25) is 0 Å². The molecule has 3 aliphatic rings. The number of nitrogens with one attached hydrogen (secondary N) is 1. The van der Waals surface area contributed by atoms with Crippen LogP contribution in [0.2, 0.25) is 0 Å². The van der Waals surface area contributed by atoms with Gasteiger partial charge in [-0.2, -0.15) is 4.99 Å². The fourth-order valence-corrected chi connectivity index (χ4v) is 3.70. The lowest BCUT2D eigenvalue weighted by Crippen LogP contribution is -2.61. The Morgan fingerprint density at radius 2 is 1.96 bits per heavy atom. The summed E-state index contributed by atoms with van der Waals surface area (Å²) in [7, 11) is 0. The highest BCUT2D eigenvalue weighted by Crippen LogP contribution is 2.39. The quantitative estimate of drug-likeness (QED) is 0.821. The summed E-state index contributed by atoms with van der Waals surface area (Å²) in [4.78, 5) is 7.05. The van der Waals surface area contributed by atoms with Crippen molar-refractivity contribution >= 4 is 11.7 Å². The van der Waals surface area contributed by atoms with Crippen molar-refractivity contribution < 1.29 is 14.2 Å². The number of ether oxygens (including phenoxy) is 3. The zero-order valence-corrected chi connectivity index (χ0v) is 15.1. The third kappa shape index (κ3) is 3.12. The molecular formula is C19H26N4O3. The van der Waals surface area contributed by atoms with E-state index in [1.54, 1.807) is 0 Å². The summed E-state index contributed by atoms with van der Waals surface area (Å²) in [6, 6.07) is 10.2. The van der Waals surface area contributed by atoms with Crippen LogP contribution in [0.1, 0.15) is 18.9 Å². The molecule has 0 bridgehead atoms. The number of rotatable bonds is 5. The van der Waals surface area contributed by atoms with Crippen molar-refractivity contribution in [3.63, 3.8) is 0 Å². The van der Waals surface area contributed by atoms with Crippen molar-refractivity contribution in [3.05, 3.63) is 41.5 Å². The van der Waals surface area contributed by atoms with Crippen LogP contribution >= 0.6 is 0 Å². The first kappa shape index (κ1) is 17.5. The normalized spacial score (nSPS) is 27.7. The van der Waals surface area contributed by atoms with E-state index in [0.29, 0.717) is 32.4 Å². The highest BCUT2D eigenvalue weighted by Gasteiger charge is 2.48. The summed E-state index contributed by atoms with van der Waals surface area (Å²) in [6.45, 7) is 6.12. The summed E-state index contributed by atoms with van der Waals surface area (Å²) in [5.74, 6) is -0.541. The number of hydrogen-bond donors (Lipinski definition) is 2. The molecule has 0 aliphatic carbocycles.